The SMILES string of the molecule is CC(CCN)N1CCC2(CCCC2)CC1. The Morgan fingerprint density at radius 2 is 1.73 bits per heavy atom. The number of nitrogens with two attached hydrogens (primary N) is 1. The van der Waals surface area contributed by atoms with E-state index in [4.69, 9.17) is 5.73 Å². The van der Waals surface area contributed by atoms with Gasteiger partial charge in [0.1, 0.15) is 0 Å². The second-order valence-corrected chi connectivity index (χ2v) is 5.67. The van der Waals surface area contributed by atoms with E-state index in [1.54, 1.807) is 0 Å². The van der Waals surface area contributed by atoms with Crippen molar-refractivity contribution in [1.29, 1.82) is 0 Å². The molecule has 1 saturated heterocycles. The molecule has 1 aliphatic heterocycles. The van der Waals surface area contributed by atoms with Crippen molar-refractivity contribution in [3.63, 3.8) is 0 Å². The molecule has 0 aromatic carbocycles. The average molecular weight is 210 g/mol. The quantitative estimate of drug-likeness (QED) is 0.775. The van der Waals surface area contributed by atoms with Gasteiger partial charge in [-0.05, 0) is 64.1 Å². The van der Waals surface area contributed by atoms with E-state index in [-0.39, 0.29) is 0 Å². The number of nitrogens with zero attached hydrogens (tertiary/aromatic N) is 1. The molecule has 0 radical (unpaired) electrons. The van der Waals surface area contributed by atoms with Gasteiger partial charge >= 0.3 is 0 Å². The number of piperidine rings is 1. The van der Waals surface area contributed by atoms with E-state index in [0.717, 1.165) is 18.4 Å². The zero-order valence-corrected chi connectivity index (χ0v) is 10.2. The molecule has 1 heterocycles. The van der Waals surface area contributed by atoms with Gasteiger partial charge in [0.05, 0.1) is 0 Å². The molecule has 2 rings (SSSR count). The smallest absolute Gasteiger partial charge is 0.00789 e. The van der Waals surface area contributed by atoms with Gasteiger partial charge in [-0.25, -0.2) is 0 Å². The van der Waals surface area contributed by atoms with Crippen LogP contribution in [0.2, 0.25) is 0 Å². The lowest BCUT2D eigenvalue weighted by atomic mass is 9.77. The average Bonchev–Trinajstić information content (AvgIpc) is 2.68. The molecule has 15 heavy (non-hydrogen) atoms. The second kappa shape index (κ2) is 4.84. The van der Waals surface area contributed by atoms with Crippen LogP contribution in [0.3, 0.4) is 0 Å². The fourth-order valence-electron chi connectivity index (χ4n) is 3.49. The van der Waals surface area contributed by atoms with Gasteiger partial charge < -0.3 is 10.6 Å². The predicted molar refractivity (Wildman–Crippen MR) is 64.8 cm³/mol. The van der Waals surface area contributed by atoms with Gasteiger partial charge in [0.15, 0.2) is 0 Å². The lowest BCUT2D eigenvalue weighted by Gasteiger charge is -2.42. The lowest BCUT2D eigenvalue weighted by molar-refractivity contribution is 0.0794. The molecule has 1 unspecified atom stereocenters. The molecule has 1 spiro atoms. The minimum Gasteiger partial charge on any atom is -0.330 e. The largest absolute Gasteiger partial charge is 0.330 e. The topological polar surface area (TPSA) is 29.3 Å². The normalized spacial score (nSPS) is 28.4. The molecule has 1 saturated carbocycles. The molecular weight excluding hydrogens is 184 g/mol. The summed E-state index contributed by atoms with van der Waals surface area (Å²) in [6.45, 7) is 5.81. The van der Waals surface area contributed by atoms with E-state index in [9.17, 15) is 0 Å². The molecule has 2 N–H and O–H groups in total. The second-order valence-electron chi connectivity index (χ2n) is 5.67. The van der Waals surface area contributed by atoms with E-state index >= 15 is 0 Å². The zero-order valence-electron chi connectivity index (χ0n) is 10.2. The molecular formula is C13H26N2. The maximum atomic E-state index is 5.63. The summed E-state index contributed by atoms with van der Waals surface area (Å²) in [6, 6.07) is 0.703. The molecule has 1 atom stereocenters. The number of rotatable bonds is 3. The van der Waals surface area contributed by atoms with Crippen molar-refractivity contribution in [2.45, 2.75) is 57.9 Å². The van der Waals surface area contributed by atoms with Gasteiger partial charge in [-0.15, -0.1) is 0 Å². The molecule has 88 valence electrons. The first-order valence-electron chi connectivity index (χ1n) is 6.70. The Kier molecular flexibility index (Phi) is 3.68. The van der Waals surface area contributed by atoms with Crippen molar-refractivity contribution in [3.05, 3.63) is 0 Å². The third-order valence-corrected chi connectivity index (χ3v) is 4.73. The number of likely N-dealkylation sites (tertiary alicyclic amines) is 1. The first-order chi connectivity index (χ1) is 7.26. The van der Waals surface area contributed by atoms with Crippen LogP contribution in [0.4, 0.5) is 0 Å². The number of hydrogen-bond donors (Lipinski definition) is 1. The van der Waals surface area contributed by atoms with Crippen LogP contribution in [0.5, 0.6) is 0 Å². The number of hydrogen-bond acceptors (Lipinski definition) is 2. The molecule has 0 bridgehead atoms. The van der Waals surface area contributed by atoms with Crippen LogP contribution in [0.15, 0.2) is 0 Å². The standard InChI is InChI=1S/C13H26N2/c1-12(4-9-14)15-10-7-13(8-11-15)5-2-3-6-13/h12H,2-11,14H2,1H3. The van der Waals surface area contributed by atoms with Crippen LogP contribution in [-0.2, 0) is 0 Å². The Morgan fingerprint density at radius 1 is 1.13 bits per heavy atom. The summed E-state index contributed by atoms with van der Waals surface area (Å²) < 4.78 is 0. The molecule has 0 aromatic rings. The first kappa shape index (κ1) is 11.4. The van der Waals surface area contributed by atoms with Crippen LogP contribution in [0.1, 0.15) is 51.9 Å². The molecule has 2 nitrogen and oxygen atoms in total. The van der Waals surface area contributed by atoms with Crippen LogP contribution >= 0.6 is 0 Å². The minimum absolute atomic E-state index is 0.703. The van der Waals surface area contributed by atoms with E-state index in [1.807, 2.05) is 0 Å². The van der Waals surface area contributed by atoms with Crippen molar-refractivity contribution in [1.82, 2.24) is 4.90 Å². The van der Waals surface area contributed by atoms with Crippen molar-refractivity contribution in [2.24, 2.45) is 11.1 Å². The van der Waals surface area contributed by atoms with Gasteiger partial charge in [-0.2, -0.15) is 0 Å². The molecule has 2 aliphatic rings. The van der Waals surface area contributed by atoms with Crippen molar-refractivity contribution in [2.75, 3.05) is 19.6 Å². The highest BCUT2D eigenvalue weighted by Gasteiger charge is 2.37. The molecule has 1 aliphatic carbocycles. The Labute approximate surface area is 94.2 Å². The maximum Gasteiger partial charge on any atom is 0.00789 e. The summed E-state index contributed by atoms with van der Waals surface area (Å²) in [5, 5.41) is 0. The van der Waals surface area contributed by atoms with E-state index < -0.39 is 0 Å². The van der Waals surface area contributed by atoms with Gasteiger partial charge in [-0.3, -0.25) is 0 Å². The summed E-state index contributed by atoms with van der Waals surface area (Å²) in [7, 11) is 0. The van der Waals surface area contributed by atoms with Gasteiger partial charge in [0.25, 0.3) is 0 Å². The monoisotopic (exact) mass is 210 g/mol. The van der Waals surface area contributed by atoms with Crippen LogP contribution in [0, 0.1) is 5.41 Å². The predicted octanol–water partition coefficient (Wildman–Crippen LogP) is 2.38. The summed E-state index contributed by atoms with van der Waals surface area (Å²) in [6.07, 6.45) is 10.0. The van der Waals surface area contributed by atoms with E-state index in [0.29, 0.717) is 6.04 Å². The van der Waals surface area contributed by atoms with Crippen molar-refractivity contribution < 1.29 is 0 Å². The van der Waals surface area contributed by atoms with Crippen molar-refractivity contribution in [3.8, 4) is 0 Å². The Hall–Kier alpha value is -0.0800. The molecule has 0 aromatic heterocycles. The fraction of sp³-hybridized carbons (Fsp3) is 1.00. The highest BCUT2D eigenvalue weighted by Crippen LogP contribution is 2.46. The van der Waals surface area contributed by atoms with Gasteiger partial charge in [-0.1, -0.05) is 12.8 Å². The summed E-state index contributed by atoms with van der Waals surface area (Å²) >= 11 is 0. The molecule has 2 fully saturated rings. The molecule has 2 heteroatoms. The highest BCUT2D eigenvalue weighted by atomic mass is 15.2. The van der Waals surface area contributed by atoms with Crippen LogP contribution < -0.4 is 5.73 Å². The first-order valence-corrected chi connectivity index (χ1v) is 6.70. The minimum atomic E-state index is 0.703. The Bertz CT molecular complexity index is 187. The van der Waals surface area contributed by atoms with E-state index in [2.05, 4.69) is 11.8 Å². The third kappa shape index (κ3) is 2.54. The van der Waals surface area contributed by atoms with Gasteiger partial charge in [0.2, 0.25) is 0 Å². The van der Waals surface area contributed by atoms with E-state index in [1.165, 1.54) is 51.6 Å². The lowest BCUT2D eigenvalue weighted by Crippen LogP contribution is -2.44. The molecule has 0 amide bonds. The Balaban J connectivity index is 1.81. The summed E-state index contributed by atoms with van der Waals surface area (Å²) in [5.74, 6) is 0. The van der Waals surface area contributed by atoms with Crippen LogP contribution in [-0.4, -0.2) is 30.6 Å². The maximum absolute atomic E-state index is 5.63. The van der Waals surface area contributed by atoms with Crippen LogP contribution in [0.25, 0.3) is 0 Å². The summed E-state index contributed by atoms with van der Waals surface area (Å²) in [4.78, 5) is 2.65. The third-order valence-electron chi connectivity index (χ3n) is 4.73. The van der Waals surface area contributed by atoms with Gasteiger partial charge in [0, 0.05) is 6.04 Å². The Morgan fingerprint density at radius 3 is 2.27 bits per heavy atom. The highest BCUT2D eigenvalue weighted by molar-refractivity contribution is 4.90. The summed E-state index contributed by atoms with van der Waals surface area (Å²) in [5.41, 5.74) is 6.39. The van der Waals surface area contributed by atoms with Crippen molar-refractivity contribution >= 4 is 0 Å². The fourth-order valence-corrected chi connectivity index (χ4v) is 3.49. The zero-order chi connectivity index (χ0) is 10.7.